The van der Waals surface area contributed by atoms with Crippen LogP contribution in [0.3, 0.4) is 0 Å². The van der Waals surface area contributed by atoms with Gasteiger partial charge in [-0.15, -0.1) is 0 Å². The summed E-state index contributed by atoms with van der Waals surface area (Å²) in [6.07, 6.45) is 1.20. The lowest BCUT2D eigenvalue weighted by atomic mass is 10.2. The van der Waals surface area contributed by atoms with E-state index in [1.54, 1.807) is 6.07 Å². The van der Waals surface area contributed by atoms with E-state index in [9.17, 15) is 4.79 Å². The molecule has 0 bridgehead atoms. The van der Waals surface area contributed by atoms with Gasteiger partial charge in [0.25, 0.3) is 5.91 Å². The molecule has 0 aliphatic heterocycles. The molecular formula is C13H19N3O. The molecule has 1 aromatic carbocycles. The Kier molecular flexibility index (Phi) is 4.72. The fraction of sp³-hybridized carbons (Fsp3) is 0.308. The Morgan fingerprint density at radius 3 is 2.47 bits per heavy atom. The summed E-state index contributed by atoms with van der Waals surface area (Å²) in [5.41, 5.74) is 1.72. The maximum atomic E-state index is 11.4. The number of hydrogen-bond donors (Lipinski definition) is 1. The minimum absolute atomic E-state index is 0.318. The van der Waals surface area contributed by atoms with Crippen molar-refractivity contribution in [3.8, 4) is 0 Å². The number of hydrogen-bond acceptors (Lipinski definition) is 3. The van der Waals surface area contributed by atoms with E-state index in [1.165, 1.54) is 6.08 Å². The lowest BCUT2D eigenvalue weighted by Gasteiger charge is -2.23. The smallest absolute Gasteiger partial charge is 0.264 e. The van der Waals surface area contributed by atoms with Crippen LogP contribution in [-0.2, 0) is 4.79 Å². The van der Waals surface area contributed by atoms with Crippen LogP contribution in [0.15, 0.2) is 36.9 Å². The topological polar surface area (TPSA) is 49.6 Å². The lowest BCUT2D eigenvalue weighted by Crippen LogP contribution is -2.36. The van der Waals surface area contributed by atoms with E-state index in [-0.39, 0.29) is 5.91 Å². The lowest BCUT2D eigenvalue weighted by molar-refractivity contribution is -0.114. The number of hydrazine groups is 1. The van der Waals surface area contributed by atoms with Crippen molar-refractivity contribution in [1.29, 1.82) is 0 Å². The highest BCUT2D eigenvalue weighted by atomic mass is 16.2. The van der Waals surface area contributed by atoms with E-state index < -0.39 is 0 Å². The fourth-order valence-corrected chi connectivity index (χ4v) is 1.65. The van der Waals surface area contributed by atoms with Crippen molar-refractivity contribution in [1.82, 2.24) is 0 Å². The van der Waals surface area contributed by atoms with Crippen LogP contribution >= 0.6 is 0 Å². The van der Waals surface area contributed by atoms with Gasteiger partial charge in [0.15, 0.2) is 0 Å². The van der Waals surface area contributed by atoms with Crippen molar-refractivity contribution < 1.29 is 4.79 Å². The number of nitrogens with two attached hydrogens (primary N) is 1. The quantitative estimate of drug-likeness (QED) is 0.366. The molecule has 2 N–H and O–H groups in total. The molecule has 0 aliphatic carbocycles. The molecule has 1 rings (SSSR count). The maximum absolute atomic E-state index is 11.4. The molecule has 0 spiro atoms. The Hall–Kier alpha value is -1.81. The monoisotopic (exact) mass is 233 g/mol. The first-order chi connectivity index (χ1) is 8.13. The molecule has 0 saturated heterocycles. The zero-order valence-corrected chi connectivity index (χ0v) is 10.4. The number of nitrogens with zero attached hydrogens (tertiary/aromatic N) is 2. The highest BCUT2D eigenvalue weighted by molar-refractivity contribution is 6.00. The van der Waals surface area contributed by atoms with E-state index in [2.05, 4.69) is 25.3 Å². The van der Waals surface area contributed by atoms with Crippen LogP contribution in [0.4, 0.5) is 11.4 Å². The Labute approximate surface area is 102 Å². The minimum atomic E-state index is -0.318. The minimum Gasteiger partial charge on any atom is -0.372 e. The molecule has 0 unspecified atom stereocenters. The zero-order valence-electron chi connectivity index (χ0n) is 10.4. The van der Waals surface area contributed by atoms with Crippen LogP contribution in [0.25, 0.3) is 0 Å². The van der Waals surface area contributed by atoms with Crippen LogP contribution in [0.1, 0.15) is 13.8 Å². The average molecular weight is 233 g/mol. The van der Waals surface area contributed by atoms with Crippen molar-refractivity contribution in [3.63, 3.8) is 0 Å². The Morgan fingerprint density at radius 1 is 1.35 bits per heavy atom. The molecule has 4 nitrogen and oxygen atoms in total. The number of carbonyl (C=O) groups is 1. The van der Waals surface area contributed by atoms with Crippen LogP contribution in [0.2, 0.25) is 0 Å². The third kappa shape index (κ3) is 3.07. The average Bonchev–Trinajstić information content (AvgIpc) is 2.38. The predicted molar refractivity (Wildman–Crippen MR) is 71.9 cm³/mol. The van der Waals surface area contributed by atoms with E-state index in [0.29, 0.717) is 5.69 Å². The molecular weight excluding hydrogens is 214 g/mol. The van der Waals surface area contributed by atoms with Crippen LogP contribution < -0.4 is 15.8 Å². The van der Waals surface area contributed by atoms with Gasteiger partial charge in [-0.05, 0) is 38.1 Å². The summed E-state index contributed by atoms with van der Waals surface area (Å²) >= 11 is 0. The molecule has 0 atom stereocenters. The van der Waals surface area contributed by atoms with Crippen LogP contribution in [0, 0.1) is 0 Å². The van der Waals surface area contributed by atoms with Gasteiger partial charge in [0, 0.05) is 18.8 Å². The summed E-state index contributed by atoms with van der Waals surface area (Å²) in [7, 11) is 0. The third-order valence-corrected chi connectivity index (χ3v) is 2.65. The molecule has 0 fully saturated rings. The Bertz CT molecular complexity index is 399. The molecule has 0 heterocycles. The second-order valence-electron chi connectivity index (χ2n) is 3.60. The first kappa shape index (κ1) is 13.3. The molecule has 92 valence electrons. The zero-order chi connectivity index (χ0) is 12.8. The van der Waals surface area contributed by atoms with E-state index in [0.717, 1.165) is 23.8 Å². The highest BCUT2D eigenvalue weighted by Gasteiger charge is 2.09. The van der Waals surface area contributed by atoms with Crippen molar-refractivity contribution in [2.45, 2.75) is 13.8 Å². The SMILES string of the molecule is C=CC(=O)N(N)c1cccc(N(CC)CC)c1. The van der Waals surface area contributed by atoms with Crippen LogP contribution in [-0.4, -0.2) is 19.0 Å². The molecule has 0 saturated carbocycles. The van der Waals surface area contributed by atoms with Gasteiger partial charge in [-0.25, -0.2) is 10.9 Å². The number of benzene rings is 1. The van der Waals surface area contributed by atoms with E-state index in [4.69, 9.17) is 5.84 Å². The van der Waals surface area contributed by atoms with Crippen molar-refractivity contribution >= 4 is 17.3 Å². The van der Waals surface area contributed by atoms with Gasteiger partial charge in [0.2, 0.25) is 0 Å². The van der Waals surface area contributed by atoms with Crippen LogP contribution in [0.5, 0.6) is 0 Å². The fourth-order valence-electron chi connectivity index (χ4n) is 1.65. The summed E-state index contributed by atoms with van der Waals surface area (Å²) in [5, 5.41) is 1.10. The van der Waals surface area contributed by atoms with E-state index >= 15 is 0 Å². The summed E-state index contributed by atoms with van der Waals surface area (Å²) in [6, 6.07) is 7.59. The molecule has 0 radical (unpaired) electrons. The van der Waals surface area contributed by atoms with Crippen molar-refractivity contribution in [2.24, 2.45) is 5.84 Å². The maximum Gasteiger partial charge on any atom is 0.264 e. The van der Waals surface area contributed by atoms with Gasteiger partial charge in [0.1, 0.15) is 0 Å². The third-order valence-electron chi connectivity index (χ3n) is 2.65. The van der Waals surface area contributed by atoms with Gasteiger partial charge < -0.3 is 4.90 Å². The second kappa shape index (κ2) is 6.06. The first-order valence-electron chi connectivity index (χ1n) is 5.70. The number of anilines is 2. The number of rotatable bonds is 5. The summed E-state index contributed by atoms with van der Waals surface area (Å²) < 4.78 is 0. The highest BCUT2D eigenvalue weighted by Crippen LogP contribution is 2.21. The molecule has 17 heavy (non-hydrogen) atoms. The van der Waals surface area contributed by atoms with E-state index in [1.807, 2.05) is 18.2 Å². The summed E-state index contributed by atoms with van der Waals surface area (Å²) in [5.74, 6) is 5.38. The van der Waals surface area contributed by atoms with Crippen molar-refractivity contribution in [3.05, 3.63) is 36.9 Å². The van der Waals surface area contributed by atoms with Gasteiger partial charge in [-0.3, -0.25) is 4.79 Å². The molecule has 1 aromatic rings. The predicted octanol–water partition coefficient (Wildman–Crippen LogP) is 1.93. The number of amides is 1. The largest absolute Gasteiger partial charge is 0.372 e. The standard InChI is InChI=1S/C13H19N3O/c1-4-13(17)16(14)12-9-7-8-11(10-12)15(5-2)6-3/h4,7-10H,1,5-6,14H2,2-3H3. The molecule has 1 amide bonds. The Morgan fingerprint density at radius 2 is 1.94 bits per heavy atom. The van der Waals surface area contributed by atoms with Crippen molar-refractivity contribution in [2.75, 3.05) is 23.0 Å². The van der Waals surface area contributed by atoms with Gasteiger partial charge in [0.05, 0.1) is 5.69 Å². The van der Waals surface area contributed by atoms with Gasteiger partial charge in [-0.2, -0.15) is 0 Å². The van der Waals surface area contributed by atoms with Gasteiger partial charge in [-0.1, -0.05) is 12.6 Å². The first-order valence-corrected chi connectivity index (χ1v) is 5.70. The normalized spacial score (nSPS) is 9.82. The second-order valence-corrected chi connectivity index (χ2v) is 3.60. The summed E-state index contributed by atoms with van der Waals surface area (Å²) in [4.78, 5) is 13.6. The molecule has 0 aromatic heterocycles. The van der Waals surface area contributed by atoms with Gasteiger partial charge >= 0.3 is 0 Å². The number of carbonyl (C=O) groups excluding carboxylic acids is 1. The molecule has 4 heteroatoms. The Balaban J connectivity index is 3.00. The summed E-state index contributed by atoms with van der Waals surface area (Å²) in [6.45, 7) is 9.43. The molecule has 0 aliphatic rings.